The van der Waals surface area contributed by atoms with Gasteiger partial charge in [-0.25, -0.2) is 4.79 Å². The Labute approximate surface area is 148 Å². The summed E-state index contributed by atoms with van der Waals surface area (Å²) < 4.78 is 11.2. The molecule has 1 fully saturated rings. The van der Waals surface area contributed by atoms with Gasteiger partial charge in [0.2, 0.25) is 0 Å². The molecule has 6 heteroatoms. The normalized spacial score (nSPS) is 18.5. The Morgan fingerprint density at radius 1 is 1.20 bits per heavy atom. The Morgan fingerprint density at radius 2 is 1.84 bits per heavy atom. The number of hydrogen-bond donors (Lipinski definition) is 2. The topological polar surface area (TPSA) is 84.9 Å². The molecule has 1 atom stereocenters. The van der Waals surface area contributed by atoms with Crippen molar-refractivity contribution in [1.29, 1.82) is 0 Å². The Morgan fingerprint density at radius 3 is 2.44 bits per heavy atom. The van der Waals surface area contributed by atoms with Crippen molar-refractivity contribution in [2.75, 3.05) is 13.2 Å². The van der Waals surface area contributed by atoms with Crippen molar-refractivity contribution in [2.24, 2.45) is 5.92 Å². The van der Waals surface area contributed by atoms with Gasteiger partial charge in [0, 0.05) is 11.5 Å². The molecule has 6 nitrogen and oxygen atoms in total. The van der Waals surface area contributed by atoms with Gasteiger partial charge in [0.25, 0.3) is 5.91 Å². The first kappa shape index (κ1) is 19.4. The number of ether oxygens (including phenoxy) is 2. The van der Waals surface area contributed by atoms with Crippen molar-refractivity contribution >= 4 is 11.9 Å². The molecule has 1 unspecified atom stereocenters. The second-order valence-corrected chi connectivity index (χ2v) is 6.90. The van der Waals surface area contributed by atoms with E-state index in [1.54, 1.807) is 24.3 Å². The summed E-state index contributed by atoms with van der Waals surface area (Å²) in [5.41, 5.74) is 0.466. The van der Waals surface area contributed by atoms with Gasteiger partial charge in [-0.2, -0.15) is 0 Å². The minimum absolute atomic E-state index is 0.343. The van der Waals surface area contributed by atoms with E-state index >= 15 is 0 Å². The number of unbranched alkanes of at least 4 members (excludes halogenated alkanes) is 1. The highest BCUT2D eigenvalue weighted by molar-refractivity contribution is 5.96. The monoisotopic (exact) mass is 349 g/mol. The fraction of sp³-hybridized carbons (Fsp3) is 0.579. The van der Waals surface area contributed by atoms with E-state index in [1.807, 2.05) is 19.9 Å². The fourth-order valence-electron chi connectivity index (χ4n) is 2.76. The van der Waals surface area contributed by atoms with Gasteiger partial charge in [-0.15, -0.1) is 0 Å². The molecule has 0 spiro atoms. The van der Waals surface area contributed by atoms with Crippen LogP contribution in [0.5, 0.6) is 0 Å². The third kappa shape index (κ3) is 6.48. The summed E-state index contributed by atoms with van der Waals surface area (Å²) in [6.45, 7) is 5.13. The summed E-state index contributed by atoms with van der Waals surface area (Å²) in [7, 11) is 0. The molecule has 2 rings (SSSR count). The molecule has 1 aliphatic heterocycles. The van der Waals surface area contributed by atoms with E-state index in [-0.39, 0.29) is 5.91 Å². The minimum Gasteiger partial charge on any atom is -0.480 e. The average molecular weight is 349 g/mol. The van der Waals surface area contributed by atoms with Crippen LogP contribution >= 0.6 is 0 Å². The van der Waals surface area contributed by atoms with Crippen LogP contribution in [0, 0.1) is 5.92 Å². The summed E-state index contributed by atoms with van der Waals surface area (Å²) in [5, 5.41) is 11.9. The highest BCUT2D eigenvalue weighted by Gasteiger charge is 2.28. The Bertz CT molecular complexity index is 562. The maximum atomic E-state index is 12.1. The molecule has 1 aliphatic rings. The number of carbonyl (C=O) groups excluding carboxylic acids is 1. The first-order valence-electron chi connectivity index (χ1n) is 8.74. The zero-order valence-electron chi connectivity index (χ0n) is 14.9. The Balaban J connectivity index is 1.71. The summed E-state index contributed by atoms with van der Waals surface area (Å²) >= 11 is 0. The largest absolute Gasteiger partial charge is 0.480 e. The number of carboxylic acids is 1. The molecular formula is C19H27NO5. The second kappa shape index (κ2) is 8.97. The third-order valence-electron chi connectivity index (χ3n) is 4.33. The van der Waals surface area contributed by atoms with Crippen molar-refractivity contribution in [1.82, 2.24) is 5.32 Å². The molecule has 0 bridgehead atoms. The number of hydrogen-bond acceptors (Lipinski definition) is 4. The SMILES string of the molecule is CC1(C)OCC(CCCCC(NC(=O)c2ccccc2)C(=O)O)CO1. The average Bonchev–Trinajstić information content (AvgIpc) is 2.59. The summed E-state index contributed by atoms with van der Waals surface area (Å²) in [6.07, 6.45) is 2.94. The van der Waals surface area contributed by atoms with E-state index < -0.39 is 17.8 Å². The van der Waals surface area contributed by atoms with E-state index in [1.165, 1.54) is 0 Å². The summed E-state index contributed by atoms with van der Waals surface area (Å²) in [4.78, 5) is 23.5. The van der Waals surface area contributed by atoms with Crippen LogP contribution in [-0.4, -0.2) is 42.0 Å². The van der Waals surface area contributed by atoms with Crippen molar-refractivity contribution in [3.05, 3.63) is 35.9 Å². The van der Waals surface area contributed by atoms with E-state index in [4.69, 9.17) is 9.47 Å². The van der Waals surface area contributed by atoms with Gasteiger partial charge >= 0.3 is 5.97 Å². The molecule has 1 saturated heterocycles. The molecular weight excluding hydrogens is 322 g/mol. The Hall–Kier alpha value is -1.92. The molecule has 25 heavy (non-hydrogen) atoms. The molecule has 2 N–H and O–H groups in total. The summed E-state index contributed by atoms with van der Waals surface area (Å²) in [6, 6.07) is 7.77. The number of carboxylic acid groups (broad SMARTS) is 1. The molecule has 0 aromatic heterocycles. The maximum absolute atomic E-state index is 12.1. The van der Waals surface area contributed by atoms with Crippen molar-refractivity contribution < 1.29 is 24.2 Å². The molecule has 1 aromatic carbocycles. The number of rotatable bonds is 8. The lowest BCUT2D eigenvalue weighted by Gasteiger charge is -2.35. The van der Waals surface area contributed by atoms with E-state index in [0.29, 0.717) is 31.1 Å². The van der Waals surface area contributed by atoms with Crippen LogP contribution in [0.4, 0.5) is 0 Å². The van der Waals surface area contributed by atoms with E-state index in [0.717, 1.165) is 19.3 Å². The number of nitrogens with one attached hydrogen (secondary N) is 1. The lowest BCUT2D eigenvalue weighted by atomic mass is 10.00. The minimum atomic E-state index is -1.00. The predicted molar refractivity (Wildman–Crippen MR) is 93.3 cm³/mol. The number of carbonyl (C=O) groups is 2. The van der Waals surface area contributed by atoms with Crippen molar-refractivity contribution in [3.8, 4) is 0 Å². The van der Waals surface area contributed by atoms with E-state index in [2.05, 4.69) is 5.32 Å². The van der Waals surface area contributed by atoms with Crippen LogP contribution in [0.3, 0.4) is 0 Å². The predicted octanol–water partition coefficient (Wildman–Crippen LogP) is 2.83. The van der Waals surface area contributed by atoms with Crippen LogP contribution in [-0.2, 0) is 14.3 Å². The second-order valence-electron chi connectivity index (χ2n) is 6.90. The van der Waals surface area contributed by atoms with Crippen molar-refractivity contribution in [2.45, 2.75) is 51.4 Å². The lowest BCUT2D eigenvalue weighted by Crippen LogP contribution is -2.41. The van der Waals surface area contributed by atoms with Gasteiger partial charge < -0.3 is 19.9 Å². The van der Waals surface area contributed by atoms with Gasteiger partial charge in [0.1, 0.15) is 6.04 Å². The fourth-order valence-corrected chi connectivity index (χ4v) is 2.76. The van der Waals surface area contributed by atoms with E-state index in [9.17, 15) is 14.7 Å². The molecule has 138 valence electrons. The first-order chi connectivity index (χ1) is 11.9. The molecule has 1 amide bonds. The zero-order valence-corrected chi connectivity index (χ0v) is 14.9. The smallest absolute Gasteiger partial charge is 0.326 e. The quantitative estimate of drug-likeness (QED) is 0.705. The zero-order chi connectivity index (χ0) is 18.3. The first-order valence-corrected chi connectivity index (χ1v) is 8.74. The lowest BCUT2D eigenvalue weighted by molar-refractivity contribution is -0.262. The Kier molecular flexibility index (Phi) is 6.96. The van der Waals surface area contributed by atoms with Crippen LogP contribution in [0.15, 0.2) is 30.3 Å². The van der Waals surface area contributed by atoms with Crippen LogP contribution in [0.2, 0.25) is 0 Å². The molecule has 1 aromatic rings. The van der Waals surface area contributed by atoms with Crippen molar-refractivity contribution in [3.63, 3.8) is 0 Å². The summed E-state index contributed by atoms with van der Waals surface area (Å²) in [5.74, 6) is -1.53. The standard InChI is InChI=1S/C19H27NO5/c1-19(2)24-12-14(13-25-19)8-6-7-11-16(18(22)23)20-17(21)15-9-4-3-5-10-15/h3-5,9-10,14,16H,6-8,11-13H2,1-2H3,(H,20,21)(H,22,23). The van der Waals surface area contributed by atoms with Gasteiger partial charge in [0.05, 0.1) is 13.2 Å². The van der Waals surface area contributed by atoms with Gasteiger partial charge in [-0.3, -0.25) is 4.79 Å². The third-order valence-corrected chi connectivity index (χ3v) is 4.33. The van der Waals surface area contributed by atoms with Crippen LogP contribution < -0.4 is 5.32 Å². The molecule has 1 heterocycles. The van der Waals surface area contributed by atoms with Crippen LogP contribution in [0.25, 0.3) is 0 Å². The maximum Gasteiger partial charge on any atom is 0.326 e. The van der Waals surface area contributed by atoms with Gasteiger partial charge in [-0.1, -0.05) is 31.0 Å². The number of amides is 1. The molecule has 0 radical (unpaired) electrons. The number of benzene rings is 1. The van der Waals surface area contributed by atoms with Gasteiger partial charge in [0.15, 0.2) is 5.79 Å². The highest BCUT2D eigenvalue weighted by atomic mass is 16.7. The molecule has 0 saturated carbocycles. The highest BCUT2D eigenvalue weighted by Crippen LogP contribution is 2.23. The van der Waals surface area contributed by atoms with Gasteiger partial charge in [-0.05, 0) is 38.8 Å². The number of aliphatic carboxylic acids is 1. The van der Waals surface area contributed by atoms with Crippen LogP contribution in [0.1, 0.15) is 49.9 Å². The molecule has 0 aliphatic carbocycles.